The third-order valence-electron chi connectivity index (χ3n) is 3.89. The second-order valence-corrected chi connectivity index (χ2v) is 6.54. The van der Waals surface area contributed by atoms with E-state index < -0.39 is 5.54 Å². The Kier molecular flexibility index (Phi) is 3.99. The molecule has 5 nitrogen and oxygen atoms in total. The highest BCUT2D eigenvalue weighted by Crippen LogP contribution is 2.29. The molecule has 0 atom stereocenters. The van der Waals surface area contributed by atoms with Gasteiger partial charge in [-0.1, -0.05) is 0 Å². The maximum absolute atomic E-state index is 12.2. The van der Waals surface area contributed by atoms with Crippen molar-refractivity contribution in [3.8, 4) is 16.8 Å². The van der Waals surface area contributed by atoms with Crippen molar-refractivity contribution in [1.29, 1.82) is 5.26 Å². The van der Waals surface area contributed by atoms with E-state index in [2.05, 4.69) is 16.4 Å². The molecule has 2 aromatic heterocycles. The Morgan fingerprint density at radius 2 is 2.27 bits per heavy atom. The van der Waals surface area contributed by atoms with E-state index in [0.717, 1.165) is 42.2 Å². The third-order valence-corrected chi connectivity index (χ3v) is 4.80. The quantitative estimate of drug-likeness (QED) is 0.939. The van der Waals surface area contributed by atoms with Gasteiger partial charge in [-0.05, 0) is 44.7 Å². The first-order chi connectivity index (χ1) is 10.6. The largest absolute Gasteiger partial charge is 0.459 e. The first-order valence-corrected chi connectivity index (χ1v) is 8.22. The number of nitriles is 1. The van der Waals surface area contributed by atoms with Gasteiger partial charge in [0.15, 0.2) is 10.8 Å². The number of hydrogen-bond donors (Lipinski definition) is 1. The fraction of sp³-hybridized carbons (Fsp3) is 0.438. The summed E-state index contributed by atoms with van der Waals surface area (Å²) in [5, 5.41) is 14.8. The lowest BCUT2D eigenvalue weighted by molar-refractivity contribution is -0.121. The predicted molar refractivity (Wildman–Crippen MR) is 83.2 cm³/mol. The Labute approximate surface area is 133 Å². The van der Waals surface area contributed by atoms with Gasteiger partial charge in [0.1, 0.15) is 11.3 Å². The number of rotatable bonds is 4. The summed E-state index contributed by atoms with van der Waals surface area (Å²) in [4.78, 5) is 16.6. The number of thiazole rings is 1. The number of amides is 1. The van der Waals surface area contributed by atoms with Crippen LogP contribution in [-0.4, -0.2) is 16.4 Å². The zero-order chi connectivity index (χ0) is 15.6. The van der Waals surface area contributed by atoms with Crippen LogP contribution >= 0.6 is 11.3 Å². The average Bonchev–Trinajstić information content (AvgIpc) is 3.20. The molecule has 2 heterocycles. The number of aromatic nitrogens is 1. The van der Waals surface area contributed by atoms with Gasteiger partial charge in [0, 0.05) is 5.38 Å². The van der Waals surface area contributed by atoms with Crippen LogP contribution in [-0.2, 0) is 11.2 Å². The number of carbonyl (C=O) groups is 1. The van der Waals surface area contributed by atoms with Crippen LogP contribution in [0.25, 0.3) is 10.8 Å². The zero-order valence-corrected chi connectivity index (χ0v) is 13.2. The van der Waals surface area contributed by atoms with E-state index in [1.165, 1.54) is 11.3 Å². The molecule has 6 heteroatoms. The molecule has 0 aliphatic heterocycles. The lowest BCUT2D eigenvalue weighted by Crippen LogP contribution is -2.45. The molecule has 3 rings (SSSR count). The van der Waals surface area contributed by atoms with Gasteiger partial charge < -0.3 is 9.73 Å². The van der Waals surface area contributed by atoms with E-state index in [1.807, 2.05) is 24.4 Å². The third kappa shape index (κ3) is 3.04. The van der Waals surface area contributed by atoms with Crippen molar-refractivity contribution in [3.05, 3.63) is 29.0 Å². The molecule has 2 aromatic rings. The van der Waals surface area contributed by atoms with Crippen LogP contribution in [0.3, 0.4) is 0 Å². The van der Waals surface area contributed by atoms with Crippen LogP contribution in [0.5, 0.6) is 0 Å². The molecule has 1 N–H and O–H groups in total. The molecule has 0 radical (unpaired) electrons. The van der Waals surface area contributed by atoms with E-state index in [0.29, 0.717) is 5.69 Å². The van der Waals surface area contributed by atoms with Crippen LogP contribution in [0, 0.1) is 18.3 Å². The number of nitrogens with one attached hydrogen (secondary N) is 1. The highest BCUT2D eigenvalue weighted by Gasteiger charge is 2.35. The molecule has 1 saturated carbocycles. The van der Waals surface area contributed by atoms with Crippen molar-refractivity contribution >= 4 is 17.2 Å². The minimum Gasteiger partial charge on any atom is -0.459 e. The zero-order valence-electron chi connectivity index (χ0n) is 12.4. The summed E-state index contributed by atoms with van der Waals surface area (Å²) in [5.74, 6) is 1.41. The lowest BCUT2D eigenvalue weighted by Gasteiger charge is -2.21. The summed E-state index contributed by atoms with van der Waals surface area (Å²) < 4.78 is 5.53. The van der Waals surface area contributed by atoms with Gasteiger partial charge in [0.2, 0.25) is 5.91 Å². The van der Waals surface area contributed by atoms with Crippen molar-refractivity contribution < 1.29 is 9.21 Å². The van der Waals surface area contributed by atoms with Gasteiger partial charge >= 0.3 is 0 Å². The summed E-state index contributed by atoms with van der Waals surface area (Å²) >= 11 is 1.46. The second-order valence-electron chi connectivity index (χ2n) is 5.68. The standard InChI is InChI=1S/C16H17N3O2S/c1-11-4-5-13(21-11)15-18-12(9-22-15)8-14(20)19-16(10-17)6-2-3-7-16/h4-5,9H,2-3,6-8H2,1H3,(H,19,20). The second kappa shape index (κ2) is 5.93. The molecule has 0 unspecified atom stereocenters. The first kappa shape index (κ1) is 14.8. The van der Waals surface area contributed by atoms with Crippen molar-refractivity contribution in [3.63, 3.8) is 0 Å². The molecule has 0 bridgehead atoms. The number of carbonyl (C=O) groups excluding carboxylic acids is 1. The Balaban J connectivity index is 1.65. The van der Waals surface area contributed by atoms with Crippen molar-refractivity contribution in [1.82, 2.24) is 10.3 Å². The molecule has 1 aliphatic rings. The first-order valence-electron chi connectivity index (χ1n) is 7.34. The molecular weight excluding hydrogens is 298 g/mol. The summed E-state index contributed by atoms with van der Waals surface area (Å²) in [6, 6.07) is 6.03. The van der Waals surface area contributed by atoms with Gasteiger partial charge in [-0.3, -0.25) is 4.79 Å². The van der Waals surface area contributed by atoms with E-state index in [4.69, 9.17) is 4.42 Å². The summed E-state index contributed by atoms with van der Waals surface area (Å²) in [6.45, 7) is 1.88. The molecule has 1 fully saturated rings. The highest BCUT2D eigenvalue weighted by atomic mass is 32.1. The molecule has 0 aromatic carbocycles. The molecule has 114 valence electrons. The summed E-state index contributed by atoms with van der Waals surface area (Å²) in [7, 11) is 0. The molecule has 1 aliphatic carbocycles. The van der Waals surface area contributed by atoms with Crippen molar-refractivity contribution in [2.24, 2.45) is 0 Å². The maximum Gasteiger partial charge on any atom is 0.227 e. The fourth-order valence-corrected chi connectivity index (χ4v) is 3.55. The van der Waals surface area contributed by atoms with Gasteiger partial charge in [-0.2, -0.15) is 5.26 Å². The normalized spacial score (nSPS) is 16.4. The van der Waals surface area contributed by atoms with Gasteiger partial charge in [-0.25, -0.2) is 4.98 Å². The topological polar surface area (TPSA) is 78.9 Å². The van der Waals surface area contributed by atoms with Crippen LogP contribution in [0.4, 0.5) is 0 Å². The van der Waals surface area contributed by atoms with Gasteiger partial charge in [-0.15, -0.1) is 11.3 Å². The van der Waals surface area contributed by atoms with Crippen LogP contribution in [0.1, 0.15) is 37.1 Å². The summed E-state index contributed by atoms with van der Waals surface area (Å²) in [6.07, 6.45) is 3.66. The summed E-state index contributed by atoms with van der Waals surface area (Å²) in [5.41, 5.74) is 0.0336. The number of furan rings is 1. The van der Waals surface area contributed by atoms with E-state index in [-0.39, 0.29) is 12.3 Å². The van der Waals surface area contributed by atoms with Gasteiger partial charge in [0.25, 0.3) is 0 Å². The SMILES string of the molecule is Cc1ccc(-c2nc(CC(=O)NC3(C#N)CCCC3)cs2)o1. The van der Waals surface area contributed by atoms with Crippen LogP contribution in [0.15, 0.2) is 21.9 Å². The Bertz CT molecular complexity index is 720. The predicted octanol–water partition coefficient (Wildman–Crippen LogP) is 3.21. The average molecular weight is 315 g/mol. The smallest absolute Gasteiger partial charge is 0.227 e. The van der Waals surface area contributed by atoms with Crippen molar-refractivity contribution in [2.75, 3.05) is 0 Å². The number of hydrogen-bond acceptors (Lipinski definition) is 5. The van der Waals surface area contributed by atoms with E-state index in [1.54, 1.807) is 0 Å². The maximum atomic E-state index is 12.2. The molecule has 1 amide bonds. The lowest BCUT2D eigenvalue weighted by atomic mass is 9.99. The van der Waals surface area contributed by atoms with Crippen LogP contribution in [0.2, 0.25) is 0 Å². The Hall–Kier alpha value is -2.13. The minimum absolute atomic E-state index is 0.143. The minimum atomic E-state index is -0.673. The molecule has 22 heavy (non-hydrogen) atoms. The number of nitrogens with zero attached hydrogens (tertiary/aromatic N) is 2. The van der Waals surface area contributed by atoms with Crippen molar-refractivity contribution in [2.45, 2.75) is 44.6 Å². The molecule has 0 spiro atoms. The molecular formula is C16H17N3O2S. The van der Waals surface area contributed by atoms with E-state index in [9.17, 15) is 10.1 Å². The van der Waals surface area contributed by atoms with Crippen LogP contribution < -0.4 is 5.32 Å². The Morgan fingerprint density at radius 1 is 1.50 bits per heavy atom. The highest BCUT2D eigenvalue weighted by molar-refractivity contribution is 7.13. The monoisotopic (exact) mass is 315 g/mol. The van der Waals surface area contributed by atoms with E-state index >= 15 is 0 Å². The van der Waals surface area contributed by atoms with Gasteiger partial charge in [0.05, 0.1) is 18.2 Å². The molecule has 0 saturated heterocycles. The fourth-order valence-electron chi connectivity index (χ4n) is 2.77. The number of aryl methyl sites for hydroxylation is 1. The Morgan fingerprint density at radius 3 is 2.91 bits per heavy atom.